The van der Waals surface area contributed by atoms with Gasteiger partial charge in [-0.2, -0.15) is 0 Å². The summed E-state index contributed by atoms with van der Waals surface area (Å²) < 4.78 is 5.10. The van der Waals surface area contributed by atoms with E-state index < -0.39 is 0 Å². The molecule has 1 aromatic rings. The number of ether oxygens (including phenoxy) is 1. The molecule has 0 saturated heterocycles. The summed E-state index contributed by atoms with van der Waals surface area (Å²) in [6, 6.07) is 8.42. The molecule has 1 atom stereocenters. The molecule has 1 aliphatic heterocycles. The number of anilines is 1. The molecule has 1 N–H and O–H groups in total. The Morgan fingerprint density at radius 2 is 2.36 bits per heavy atom. The molecule has 0 amide bonds. The van der Waals surface area contributed by atoms with Crippen molar-refractivity contribution in [3.8, 4) is 0 Å². The maximum atomic E-state index is 5.10. The third-order valence-corrected chi connectivity index (χ3v) is 2.70. The third kappa shape index (κ3) is 1.60. The predicted molar refractivity (Wildman–Crippen MR) is 58.4 cm³/mol. The summed E-state index contributed by atoms with van der Waals surface area (Å²) in [6.45, 7) is 4.85. The molecule has 0 saturated carbocycles. The minimum absolute atomic E-state index is 0.513. The zero-order valence-electron chi connectivity index (χ0n) is 8.42. The van der Waals surface area contributed by atoms with Gasteiger partial charge in [0.15, 0.2) is 0 Å². The van der Waals surface area contributed by atoms with E-state index in [4.69, 9.17) is 4.74 Å². The van der Waals surface area contributed by atoms with E-state index in [1.54, 1.807) is 7.11 Å². The van der Waals surface area contributed by atoms with Gasteiger partial charge in [-0.05, 0) is 11.6 Å². The first-order chi connectivity index (χ1) is 6.81. The smallest absolute Gasteiger partial charge is 0.0890 e. The Morgan fingerprint density at radius 3 is 3.14 bits per heavy atom. The van der Waals surface area contributed by atoms with Crippen LogP contribution in [0.4, 0.5) is 5.69 Å². The lowest BCUT2D eigenvalue weighted by atomic mass is 9.97. The minimum atomic E-state index is 0.513. The van der Waals surface area contributed by atoms with Crippen molar-refractivity contribution in [2.75, 3.05) is 19.0 Å². The molecule has 0 spiro atoms. The maximum absolute atomic E-state index is 5.10. The van der Waals surface area contributed by atoms with E-state index in [-0.39, 0.29) is 0 Å². The van der Waals surface area contributed by atoms with Crippen LogP contribution < -0.4 is 5.32 Å². The summed E-state index contributed by atoms with van der Waals surface area (Å²) in [7, 11) is 1.68. The van der Waals surface area contributed by atoms with Gasteiger partial charge in [0, 0.05) is 24.6 Å². The van der Waals surface area contributed by atoms with Gasteiger partial charge >= 0.3 is 0 Å². The van der Waals surface area contributed by atoms with Gasteiger partial charge in [0.25, 0.3) is 0 Å². The monoisotopic (exact) mass is 189 g/mol. The van der Waals surface area contributed by atoms with Crippen molar-refractivity contribution in [1.29, 1.82) is 0 Å². The molecule has 74 valence electrons. The van der Waals surface area contributed by atoms with Crippen LogP contribution in [0.3, 0.4) is 0 Å². The molecular weight excluding hydrogens is 174 g/mol. The molecule has 0 bridgehead atoms. The second-order valence-electron chi connectivity index (χ2n) is 3.61. The van der Waals surface area contributed by atoms with Crippen molar-refractivity contribution < 1.29 is 4.74 Å². The number of nitrogens with one attached hydrogen (secondary N) is 1. The second-order valence-corrected chi connectivity index (χ2v) is 3.61. The number of rotatable bonds is 3. The maximum Gasteiger partial charge on any atom is 0.0890 e. The van der Waals surface area contributed by atoms with Crippen LogP contribution in [-0.4, -0.2) is 13.7 Å². The predicted octanol–water partition coefficient (Wildman–Crippen LogP) is 2.75. The van der Waals surface area contributed by atoms with Crippen LogP contribution >= 0.6 is 0 Å². The average Bonchev–Trinajstić information content (AvgIpc) is 2.62. The minimum Gasteiger partial charge on any atom is -0.502 e. The number of hydrogen-bond acceptors (Lipinski definition) is 2. The van der Waals surface area contributed by atoms with Gasteiger partial charge in [-0.25, -0.2) is 0 Å². The number of allylic oxidation sites excluding steroid dienone is 1. The Kier molecular flexibility index (Phi) is 2.44. The molecular formula is C12H15NO. The van der Waals surface area contributed by atoms with E-state index in [1.807, 2.05) is 0 Å². The fourth-order valence-electron chi connectivity index (χ4n) is 1.90. The number of methoxy groups -OCH3 is 1. The lowest BCUT2D eigenvalue weighted by Crippen LogP contribution is -2.03. The quantitative estimate of drug-likeness (QED) is 0.738. The SMILES string of the molecule is C=C(CC1CNc2ccccc21)OC. The lowest BCUT2D eigenvalue weighted by molar-refractivity contribution is 0.274. The number of fused-ring (bicyclic) bond motifs is 1. The highest BCUT2D eigenvalue weighted by atomic mass is 16.5. The molecule has 14 heavy (non-hydrogen) atoms. The van der Waals surface area contributed by atoms with Gasteiger partial charge < -0.3 is 10.1 Å². The summed E-state index contributed by atoms with van der Waals surface area (Å²) in [4.78, 5) is 0. The van der Waals surface area contributed by atoms with Crippen molar-refractivity contribution in [2.24, 2.45) is 0 Å². The van der Waals surface area contributed by atoms with Crippen LogP contribution in [-0.2, 0) is 4.74 Å². The Hall–Kier alpha value is -1.44. The summed E-state index contributed by atoms with van der Waals surface area (Å²) in [5, 5.41) is 3.38. The summed E-state index contributed by atoms with van der Waals surface area (Å²) in [5.74, 6) is 1.37. The first-order valence-corrected chi connectivity index (χ1v) is 4.86. The highest BCUT2D eigenvalue weighted by Gasteiger charge is 2.21. The topological polar surface area (TPSA) is 21.3 Å². The highest BCUT2D eigenvalue weighted by Crippen LogP contribution is 2.34. The largest absolute Gasteiger partial charge is 0.502 e. The van der Waals surface area contributed by atoms with Gasteiger partial charge in [-0.3, -0.25) is 0 Å². The van der Waals surface area contributed by atoms with E-state index in [1.165, 1.54) is 11.3 Å². The zero-order valence-corrected chi connectivity index (χ0v) is 8.42. The molecule has 0 aliphatic carbocycles. The van der Waals surface area contributed by atoms with E-state index >= 15 is 0 Å². The van der Waals surface area contributed by atoms with E-state index in [9.17, 15) is 0 Å². The van der Waals surface area contributed by atoms with Crippen LogP contribution in [0.5, 0.6) is 0 Å². The van der Waals surface area contributed by atoms with Crippen molar-refractivity contribution in [1.82, 2.24) is 0 Å². The fourth-order valence-corrected chi connectivity index (χ4v) is 1.90. The van der Waals surface area contributed by atoms with Crippen LogP contribution in [0.25, 0.3) is 0 Å². The lowest BCUT2D eigenvalue weighted by Gasteiger charge is -2.10. The fraction of sp³-hybridized carbons (Fsp3) is 0.333. The van der Waals surface area contributed by atoms with Crippen LogP contribution in [0, 0.1) is 0 Å². The number of para-hydroxylation sites is 1. The van der Waals surface area contributed by atoms with Crippen molar-refractivity contribution >= 4 is 5.69 Å². The first-order valence-electron chi connectivity index (χ1n) is 4.86. The number of benzene rings is 1. The van der Waals surface area contributed by atoms with Crippen LogP contribution in [0.15, 0.2) is 36.6 Å². The van der Waals surface area contributed by atoms with Gasteiger partial charge in [-0.15, -0.1) is 0 Å². The van der Waals surface area contributed by atoms with Crippen molar-refractivity contribution in [2.45, 2.75) is 12.3 Å². The molecule has 1 heterocycles. The molecule has 2 nitrogen and oxygen atoms in total. The van der Waals surface area contributed by atoms with Crippen LogP contribution in [0.2, 0.25) is 0 Å². The molecule has 2 heteroatoms. The molecule has 2 rings (SSSR count). The van der Waals surface area contributed by atoms with E-state index in [0.717, 1.165) is 18.7 Å². The van der Waals surface area contributed by atoms with Crippen molar-refractivity contribution in [3.63, 3.8) is 0 Å². The molecule has 0 aromatic heterocycles. The van der Waals surface area contributed by atoms with Crippen LogP contribution in [0.1, 0.15) is 17.9 Å². The summed E-state index contributed by atoms with van der Waals surface area (Å²) in [5.41, 5.74) is 2.63. The molecule has 0 radical (unpaired) electrons. The van der Waals surface area contributed by atoms with E-state index in [0.29, 0.717) is 5.92 Å². The molecule has 0 fully saturated rings. The molecule has 1 unspecified atom stereocenters. The van der Waals surface area contributed by atoms with Gasteiger partial charge in [0.2, 0.25) is 0 Å². The van der Waals surface area contributed by atoms with Gasteiger partial charge in [0.1, 0.15) is 0 Å². The molecule has 1 aromatic carbocycles. The van der Waals surface area contributed by atoms with Gasteiger partial charge in [-0.1, -0.05) is 24.8 Å². The van der Waals surface area contributed by atoms with E-state index in [2.05, 4.69) is 36.2 Å². The Morgan fingerprint density at radius 1 is 1.57 bits per heavy atom. The Labute approximate surface area is 84.6 Å². The van der Waals surface area contributed by atoms with Crippen molar-refractivity contribution in [3.05, 3.63) is 42.2 Å². The Bertz CT molecular complexity index is 346. The zero-order chi connectivity index (χ0) is 9.97. The Balaban J connectivity index is 2.14. The standard InChI is InChI=1S/C12H15NO/c1-9(14-2)7-10-8-13-12-6-4-3-5-11(10)12/h3-6,10,13H,1,7-8H2,2H3. The second kappa shape index (κ2) is 3.74. The summed E-state index contributed by atoms with van der Waals surface area (Å²) in [6.07, 6.45) is 0.903. The normalized spacial score (nSPS) is 18.5. The third-order valence-electron chi connectivity index (χ3n) is 2.70. The molecule has 1 aliphatic rings. The average molecular weight is 189 g/mol. The van der Waals surface area contributed by atoms with Gasteiger partial charge in [0.05, 0.1) is 12.9 Å². The first kappa shape index (κ1) is 9.13. The highest BCUT2D eigenvalue weighted by molar-refractivity contribution is 5.57. The number of hydrogen-bond donors (Lipinski definition) is 1. The summed E-state index contributed by atoms with van der Waals surface area (Å²) >= 11 is 0.